The van der Waals surface area contributed by atoms with Crippen LogP contribution in [0.4, 0.5) is 4.79 Å². The second-order valence-corrected chi connectivity index (χ2v) is 16.2. The first-order valence-corrected chi connectivity index (χ1v) is 15.0. The number of hydrogen-bond donors (Lipinski definition) is 1. The third-order valence-corrected chi connectivity index (χ3v) is 10.7. The van der Waals surface area contributed by atoms with Gasteiger partial charge in [-0.25, -0.2) is 4.79 Å². The quantitative estimate of drug-likeness (QED) is 0.301. The van der Waals surface area contributed by atoms with Gasteiger partial charge >= 0.3 is 6.09 Å². The summed E-state index contributed by atoms with van der Waals surface area (Å²) < 4.78 is 24.0. The molecule has 6 nitrogen and oxygen atoms in total. The molecule has 0 aromatic carbocycles. The van der Waals surface area contributed by atoms with E-state index >= 15 is 0 Å². The molecule has 1 fully saturated rings. The summed E-state index contributed by atoms with van der Waals surface area (Å²) in [6, 6.07) is -0.234. The van der Waals surface area contributed by atoms with E-state index in [1.54, 1.807) is 0 Å². The summed E-state index contributed by atoms with van der Waals surface area (Å²) in [6.45, 7) is 20.6. The zero-order valence-electron chi connectivity index (χ0n) is 21.6. The lowest BCUT2D eigenvalue weighted by Gasteiger charge is -2.37. The lowest BCUT2D eigenvalue weighted by molar-refractivity contribution is -0.0399. The van der Waals surface area contributed by atoms with Crippen molar-refractivity contribution in [3.05, 3.63) is 0 Å². The van der Waals surface area contributed by atoms with Crippen molar-refractivity contribution in [1.29, 1.82) is 0 Å². The third kappa shape index (κ3) is 11.7. The second kappa shape index (κ2) is 12.6. The molecule has 0 saturated heterocycles. The fourth-order valence-corrected chi connectivity index (χ4v) is 4.19. The maximum atomic E-state index is 12.4. The van der Waals surface area contributed by atoms with E-state index in [9.17, 15) is 4.79 Å². The van der Waals surface area contributed by atoms with Crippen LogP contribution in [0, 0.1) is 0 Å². The fourth-order valence-electron chi connectivity index (χ4n) is 3.14. The SMILES string of the molecule is CCCCOC1CCC(OC[C@H](CO[Si](C)(C)C(C)(C)C)NC(=O)OC(C)(C)C)CC1. The highest BCUT2D eigenvalue weighted by atomic mass is 28.4. The lowest BCUT2D eigenvalue weighted by Crippen LogP contribution is -2.49. The Morgan fingerprint density at radius 2 is 1.52 bits per heavy atom. The zero-order valence-corrected chi connectivity index (χ0v) is 22.6. The van der Waals surface area contributed by atoms with Gasteiger partial charge < -0.3 is 24.0 Å². The minimum absolute atomic E-state index is 0.112. The van der Waals surface area contributed by atoms with E-state index in [0.29, 0.717) is 19.3 Å². The molecular weight excluding hydrogens is 410 g/mol. The summed E-state index contributed by atoms with van der Waals surface area (Å²) >= 11 is 0. The highest BCUT2D eigenvalue weighted by Gasteiger charge is 2.38. The monoisotopic (exact) mass is 459 g/mol. The Hall–Kier alpha value is -0.633. The van der Waals surface area contributed by atoms with E-state index < -0.39 is 20.0 Å². The molecule has 1 aliphatic rings. The van der Waals surface area contributed by atoms with Crippen LogP contribution in [0.5, 0.6) is 0 Å². The van der Waals surface area contributed by atoms with Crippen molar-refractivity contribution in [2.45, 2.75) is 129 Å². The number of carbonyl (C=O) groups is 1. The van der Waals surface area contributed by atoms with E-state index in [-0.39, 0.29) is 17.2 Å². The first-order valence-electron chi connectivity index (χ1n) is 12.1. The Labute approximate surface area is 192 Å². The topological polar surface area (TPSA) is 66.0 Å². The van der Waals surface area contributed by atoms with Gasteiger partial charge in [-0.05, 0) is 71.0 Å². The molecule has 0 bridgehead atoms. The minimum atomic E-state index is -1.92. The predicted molar refractivity (Wildman–Crippen MR) is 129 cm³/mol. The first kappa shape index (κ1) is 28.4. The summed E-state index contributed by atoms with van der Waals surface area (Å²) in [6.07, 6.45) is 6.53. The van der Waals surface area contributed by atoms with E-state index in [4.69, 9.17) is 18.6 Å². The van der Waals surface area contributed by atoms with Crippen molar-refractivity contribution in [3.8, 4) is 0 Å². The van der Waals surface area contributed by atoms with E-state index in [2.05, 4.69) is 46.1 Å². The molecule has 7 heteroatoms. The Morgan fingerprint density at radius 1 is 0.968 bits per heavy atom. The summed E-state index contributed by atoms with van der Waals surface area (Å²) in [5, 5.41) is 3.08. The molecule has 184 valence electrons. The molecule has 1 aliphatic carbocycles. The maximum absolute atomic E-state index is 12.4. The predicted octanol–water partition coefficient (Wildman–Crippen LogP) is 6.05. The van der Waals surface area contributed by atoms with Crippen molar-refractivity contribution < 1.29 is 23.4 Å². The average Bonchev–Trinajstić information content (AvgIpc) is 2.63. The Bertz CT molecular complexity index is 519. The highest BCUT2D eigenvalue weighted by molar-refractivity contribution is 6.74. The number of ether oxygens (including phenoxy) is 3. The number of hydrogen-bond acceptors (Lipinski definition) is 5. The Kier molecular flexibility index (Phi) is 11.5. The normalized spacial score (nSPS) is 21.6. The molecule has 0 aromatic rings. The molecule has 0 spiro atoms. The molecule has 31 heavy (non-hydrogen) atoms. The second-order valence-electron chi connectivity index (χ2n) is 11.4. The molecular formula is C24H49NO5Si. The van der Waals surface area contributed by atoms with Crippen LogP contribution in [-0.4, -0.2) is 58.1 Å². The van der Waals surface area contributed by atoms with Crippen LogP contribution >= 0.6 is 0 Å². The molecule has 0 unspecified atom stereocenters. The van der Waals surface area contributed by atoms with Crippen LogP contribution < -0.4 is 5.32 Å². The van der Waals surface area contributed by atoms with Gasteiger partial charge in [0.1, 0.15) is 5.60 Å². The highest BCUT2D eigenvalue weighted by Crippen LogP contribution is 2.36. The van der Waals surface area contributed by atoms with Gasteiger partial charge in [0.15, 0.2) is 8.32 Å². The smallest absolute Gasteiger partial charge is 0.408 e. The largest absolute Gasteiger partial charge is 0.444 e. The summed E-state index contributed by atoms with van der Waals surface area (Å²) in [4.78, 5) is 12.4. The molecule has 1 N–H and O–H groups in total. The number of rotatable bonds is 11. The van der Waals surface area contributed by atoms with Gasteiger partial charge in [-0.1, -0.05) is 34.1 Å². The van der Waals surface area contributed by atoms with Crippen molar-refractivity contribution in [2.75, 3.05) is 19.8 Å². The van der Waals surface area contributed by atoms with Crippen LogP contribution in [0.25, 0.3) is 0 Å². The van der Waals surface area contributed by atoms with Crippen molar-refractivity contribution in [2.24, 2.45) is 0 Å². The lowest BCUT2D eigenvalue weighted by atomic mass is 9.95. The standard InChI is InChI=1S/C24H49NO5Si/c1-10-11-16-27-20-12-14-21(15-13-20)28-17-19(25-22(26)30-23(2,3)4)18-29-31(8,9)24(5,6)7/h19-21H,10-18H2,1-9H3,(H,25,26)/t19-,20?,21?/m1/s1. The Morgan fingerprint density at radius 3 is 2.00 bits per heavy atom. The zero-order chi connectivity index (χ0) is 23.7. The molecule has 0 aromatic heterocycles. The van der Waals surface area contributed by atoms with Gasteiger partial charge in [0, 0.05) is 6.61 Å². The first-order chi connectivity index (χ1) is 14.2. The number of nitrogens with one attached hydrogen (secondary N) is 1. The molecule has 1 atom stereocenters. The van der Waals surface area contributed by atoms with Gasteiger partial charge in [-0.2, -0.15) is 0 Å². The fraction of sp³-hybridized carbons (Fsp3) is 0.958. The van der Waals surface area contributed by atoms with Gasteiger partial charge in [0.25, 0.3) is 0 Å². The minimum Gasteiger partial charge on any atom is -0.444 e. The van der Waals surface area contributed by atoms with Crippen molar-refractivity contribution in [1.82, 2.24) is 5.32 Å². The summed E-state index contributed by atoms with van der Waals surface area (Å²) in [5.74, 6) is 0. The third-order valence-electron chi connectivity index (χ3n) is 6.18. The average molecular weight is 460 g/mol. The van der Waals surface area contributed by atoms with Gasteiger partial charge in [-0.3, -0.25) is 0 Å². The van der Waals surface area contributed by atoms with Crippen LogP contribution in [0.3, 0.4) is 0 Å². The number of unbranched alkanes of at least 4 members (excludes halogenated alkanes) is 1. The van der Waals surface area contributed by atoms with Crippen molar-refractivity contribution >= 4 is 14.4 Å². The van der Waals surface area contributed by atoms with E-state index in [0.717, 1.165) is 38.7 Å². The Balaban J connectivity index is 2.57. The van der Waals surface area contributed by atoms with Crippen LogP contribution in [0.1, 0.15) is 87.0 Å². The number of amides is 1. The molecule has 1 rings (SSSR count). The summed E-state index contributed by atoms with van der Waals surface area (Å²) in [7, 11) is -1.92. The number of carbonyl (C=O) groups excluding carboxylic acids is 1. The molecule has 1 amide bonds. The van der Waals surface area contributed by atoms with Gasteiger partial charge in [-0.15, -0.1) is 0 Å². The van der Waals surface area contributed by atoms with Crippen LogP contribution in [0.2, 0.25) is 18.1 Å². The molecule has 0 radical (unpaired) electrons. The van der Waals surface area contributed by atoms with E-state index in [1.165, 1.54) is 6.42 Å². The van der Waals surface area contributed by atoms with E-state index in [1.807, 2.05) is 20.8 Å². The maximum Gasteiger partial charge on any atom is 0.408 e. The van der Waals surface area contributed by atoms with Gasteiger partial charge in [0.05, 0.1) is 31.5 Å². The van der Waals surface area contributed by atoms with Crippen LogP contribution in [0.15, 0.2) is 0 Å². The number of alkyl carbamates (subject to hydrolysis) is 1. The molecule has 0 aliphatic heterocycles. The van der Waals surface area contributed by atoms with Crippen LogP contribution in [-0.2, 0) is 18.6 Å². The van der Waals surface area contributed by atoms with Gasteiger partial charge in [0.2, 0.25) is 0 Å². The molecule has 1 saturated carbocycles. The summed E-state index contributed by atoms with van der Waals surface area (Å²) in [5.41, 5.74) is -0.536. The molecule has 0 heterocycles. The van der Waals surface area contributed by atoms with Crippen molar-refractivity contribution in [3.63, 3.8) is 0 Å².